The van der Waals surface area contributed by atoms with Crippen LogP contribution in [0.5, 0.6) is 0 Å². The van der Waals surface area contributed by atoms with E-state index in [1.807, 2.05) is 63.2 Å². The first-order valence-corrected chi connectivity index (χ1v) is 10.3. The van der Waals surface area contributed by atoms with E-state index in [2.05, 4.69) is 10.6 Å². The van der Waals surface area contributed by atoms with Crippen molar-refractivity contribution in [2.24, 2.45) is 0 Å². The van der Waals surface area contributed by atoms with E-state index in [1.54, 1.807) is 0 Å². The topological polar surface area (TPSA) is 105 Å². The summed E-state index contributed by atoms with van der Waals surface area (Å²) in [6, 6.07) is 12.2. The number of aryl methyl sites for hydroxylation is 3. The molecular weight excluding hydrogens is 396 g/mol. The molecule has 2 aromatic carbocycles. The second kappa shape index (κ2) is 11.7. The van der Waals surface area contributed by atoms with Gasteiger partial charge in [-0.1, -0.05) is 48.0 Å². The molecule has 0 spiro atoms. The minimum atomic E-state index is -1.08. The Bertz CT molecular complexity index is 888. The quantitative estimate of drug-likeness (QED) is 0.500. The van der Waals surface area contributed by atoms with E-state index in [9.17, 15) is 19.5 Å². The maximum Gasteiger partial charge on any atom is 0.407 e. The van der Waals surface area contributed by atoms with Gasteiger partial charge in [0, 0.05) is 12.1 Å². The van der Waals surface area contributed by atoms with Crippen LogP contribution >= 0.6 is 0 Å². The summed E-state index contributed by atoms with van der Waals surface area (Å²) >= 11 is 0. The molecule has 0 unspecified atom stereocenters. The molecule has 0 saturated carbocycles. The van der Waals surface area contributed by atoms with Crippen LogP contribution in [-0.4, -0.2) is 35.7 Å². The lowest BCUT2D eigenvalue weighted by Crippen LogP contribution is -2.41. The minimum Gasteiger partial charge on any atom is -0.480 e. The zero-order valence-corrected chi connectivity index (χ0v) is 18.2. The van der Waals surface area contributed by atoms with Crippen LogP contribution in [0, 0.1) is 20.8 Å². The summed E-state index contributed by atoms with van der Waals surface area (Å²) in [6.45, 7) is 6.19. The third kappa shape index (κ3) is 7.77. The molecule has 0 aliphatic carbocycles. The molecule has 0 aliphatic rings. The van der Waals surface area contributed by atoms with Crippen molar-refractivity contribution in [2.75, 3.05) is 6.54 Å². The number of hydrogen-bond donors (Lipinski definition) is 3. The molecule has 0 aliphatic heterocycles. The third-order valence-corrected chi connectivity index (χ3v) is 4.91. The van der Waals surface area contributed by atoms with Crippen molar-refractivity contribution >= 4 is 18.0 Å². The first kappa shape index (κ1) is 23.9. The Hall–Kier alpha value is -3.35. The van der Waals surface area contributed by atoms with E-state index in [0.717, 1.165) is 22.3 Å². The predicted molar refractivity (Wildman–Crippen MR) is 118 cm³/mol. The van der Waals surface area contributed by atoms with E-state index in [-0.39, 0.29) is 18.9 Å². The summed E-state index contributed by atoms with van der Waals surface area (Å²) in [4.78, 5) is 35.9. The maximum atomic E-state index is 12.6. The highest BCUT2D eigenvalue weighted by Crippen LogP contribution is 2.17. The number of rotatable bonds is 10. The van der Waals surface area contributed by atoms with Crippen LogP contribution in [0.15, 0.2) is 42.5 Å². The highest BCUT2D eigenvalue weighted by Gasteiger charge is 2.22. The number of aliphatic carboxylic acids is 1. The molecule has 0 radical (unpaired) electrons. The first-order valence-electron chi connectivity index (χ1n) is 10.3. The van der Waals surface area contributed by atoms with Gasteiger partial charge in [0.05, 0.1) is 0 Å². The molecule has 7 heteroatoms. The molecule has 0 fully saturated rings. The zero-order chi connectivity index (χ0) is 22.8. The molecule has 2 aromatic rings. The van der Waals surface area contributed by atoms with Crippen LogP contribution in [0.1, 0.15) is 51.9 Å². The fourth-order valence-corrected chi connectivity index (χ4v) is 3.46. The standard InChI is InChI=1S/C24H30N2O5/c1-16-13-17(2)21(18(3)14-16)22(27)26-20(23(28)29)11-7-8-12-25-24(30)31-15-19-9-5-4-6-10-19/h4-6,9-10,13-14,20H,7-8,11-12,15H2,1-3H3,(H,25,30)(H,26,27)(H,28,29)/t20-/m0/s1. The van der Waals surface area contributed by atoms with Crippen molar-refractivity contribution in [2.45, 2.75) is 52.7 Å². The van der Waals surface area contributed by atoms with Gasteiger partial charge in [-0.25, -0.2) is 9.59 Å². The number of carbonyl (C=O) groups is 3. The molecule has 0 saturated heterocycles. The summed E-state index contributed by atoms with van der Waals surface area (Å²) < 4.78 is 5.13. The Balaban J connectivity index is 1.74. The second-order valence-corrected chi connectivity index (χ2v) is 7.62. The van der Waals surface area contributed by atoms with Gasteiger partial charge in [-0.15, -0.1) is 0 Å². The number of ether oxygens (including phenoxy) is 1. The molecule has 0 aromatic heterocycles. The Morgan fingerprint density at radius 2 is 1.65 bits per heavy atom. The number of hydrogen-bond acceptors (Lipinski definition) is 4. The molecule has 31 heavy (non-hydrogen) atoms. The van der Waals surface area contributed by atoms with Gasteiger partial charge in [0.15, 0.2) is 0 Å². The largest absolute Gasteiger partial charge is 0.480 e. The van der Waals surface area contributed by atoms with Gasteiger partial charge in [-0.05, 0) is 56.7 Å². The van der Waals surface area contributed by atoms with Gasteiger partial charge in [0.1, 0.15) is 12.6 Å². The molecule has 3 N–H and O–H groups in total. The summed E-state index contributed by atoms with van der Waals surface area (Å²) in [7, 11) is 0. The maximum absolute atomic E-state index is 12.6. The van der Waals surface area contributed by atoms with Crippen LogP contribution in [0.2, 0.25) is 0 Å². The number of amides is 2. The summed E-state index contributed by atoms with van der Waals surface area (Å²) in [5, 5.41) is 14.7. The number of unbranched alkanes of at least 4 members (excludes halogenated alkanes) is 1. The van der Waals surface area contributed by atoms with E-state index in [1.165, 1.54) is 0 Å². The van der Waals surface area contributed by atoms with Crippen LogP contribution in [0.25, 0.3) is 0 Å². The van der Waals surface area contributed by atoms with Gasteiger partial charge < -0.3 is 20.5 Å². The van der Waals surface area contributed by atoms with Crippen molar-refractivity contribution < 1.29 is 24.2 Å². The number of carboxylic acid groups (broad SMARTS) is 1. The smallest absolute Gasteiger partial charge is 0.407 e. The van der Waals surface area contributed by atoms with Gasteiger partial charge >= 0.3 is 12.1 Å². The van der Waals surface area contributed by atoms with Crippen molar-refractivity contribution in [1.29, 1.82) is 0 Å². The molecule has 2 rings (SSSR count). The normalized spacial score (nSPS) is 11.5. The van der Waals surface area contributed by atoms with Crippen molar-refractivity contribution in [1.82, 2.24) is 10.6 Å². The fraction of sp³-hybridized carbons (Fsp3) is 0.375. The van der Waals surface area contributed by atoms with Crippen molar-refractivity contribution in [3.63, 3.8) is 0 Å². The lowest BCUT2D eigenvalue weighted by atomic mass is 9.98. The number of carbonyl (C=O) groups excluding carboxylic acids is 2. The van der Waals surface area contributed by atoms with Crippen molar-refractivity contribution in [3.8, 4) is 0 Å². The van der Waals surface area contributed by atoms with Gasteiger partial charge in [-0.2, -0.15) is 0 Å². The Kier molecular flexibility index (Phi) is 9.06. The number of alkyl carbamates (subject to hydrolysis) is 1. The molecular formula is C24H30N2O5. The molecule has 7 nitrogen and oxygen atoms in total. The minimum absolute atomic E-state index is 0.192. The van der Waals surface area contributed by atoms with E-state index in [4.69, 9.17) is 4.74 Å². The SMILES string of the molecule is Cc1cc(C)c(C(=O)N[C@@H](CCCCNC(=O)OCc2ccccc2)C(=O)O)c(C)c1. The first-order chi connectivity index (χ1) is 14.8. The van der Waals surface area contributed by atoms with Crippen LogP contribution < -0.4 is 10.6 Å². The fourth-order valence-electron chi connectivity index (χ4n) is 3.46. The monoisotopic (exact) mass is 426 g/mol. The van der Waals surface area contributed by atoms with E-state index >= 15 is 0 Å². The molecule has 0 heterocycles. The molecule has 1 atom stereocenters. The van der Waals surface area contributed by atoms with Gasteiger partial charge in [0.25, 0.3) is 5.91 Å². The Morgan fingerprint density at radius 1 is 1.00 bits per heavy atom. The van der Waals surface area contributed by atoms with Crippen LogP contribution in [0.3, 0.4) is 0 Å². The summed E-state index contributed by atoms with van der Waals surface area (Å²) in [5.41, 5.74) is 4.10. The van der Waals surface area contributed by atoms with E-state index < -0.39 is 18.1 Å². The zero-order valence-electron chi connectivity index (χ0n) is 18.2. The second-order valence-electron chi connectivity index (χ2n) is 7.62. The van der Waals surface area contributed by atoms with Crippen LogP contribution in [-0.2, 0) is 16.1 Å². The molecule has 0 bridgehead atoms. The summed E-state index contributed by atoms with van der Waals surface area (Å²) in [5.74, 6) is -1.46. The highest BCUT2D eigenvalue weighted by atomic mass is 16.5. The number of benzene rings is 2. The lowest BCUT2D eigenvalue weighted by molar-refractivity contribution is -0.139. The molecule has 166 valence electrons. The highest BCUT2D eigenvalue weighted by molar-refractivity contribution is 5.99. The average Bonchev–Trinajstić information content (AvgIpc) is 2.71. The predicted octanol–water partition coefficient (Wildman–Crippen LogP) is 3.89. The van der Waals surface area contributed by atoms with Crippen LogP contribution in [0.4, 0.5) is 4.79 Å². The third-order valence-electron chi connectivity index (χ3n) is 4.91. The Morgan fingerprint density at radius 3 is 2.26 bits per heavy atom. The lowest BCUT2D eigenvalue weighted by Gasteiger charge is -2.17. The van der Waals surface area contributed by atoms with Gasteiger partial charge in [-0.3, -0.25) is 4.79 Å². The number of carboxylic acids is 1. The Labute approximate surface area is 182 Å². The average molecular weight is 427 g/mol. The summed E-state index contributed by atoms with van der Waals surface area (Å²) in [6.07, 6.45) is 0.855. The van der Waals surface area contributed by atoms with E-state index in [0.29, 0.717) is 24.9 Å². The van der Waals surface area contributed by atoms with Gasteiger partial charge in [0.2, 0.25) is 0 Å². The van der Waals surface area contributed by atoms with Crippen molar-refractivity contribution in [3.05, 3.63) is 70.3 Å². The number of nitrogens with one attached hydrogen (secondary N) is 2. The molecule has 2 amide bonds.